The number of nitrogens with two attached hydrogens (primary N) is 1. The molecule has 0 bridgehead atoms. The van der Waals surface area contributed by atoms with E-state index >= 15 is 0 Å². The summed E-state index contributed by atoms with van der Waals surface area (Å²) >= 11 is 0. The number of aromatic nitrogens is 2. The summed E-state index contributed by atoms with van der Waals surface area (Å²) in [4.78, 5) is 17.4. The molecule has 0 spiro atoms. The van der Waals surface area contributed by atoms with Gasteiger partial charge in [-0.25, -0.2) is 9.97 Å². The number of nitro groups is 1. The van der Waals surface area contributed by atoms with Crippen LogP contribution in [0.2, 0.25) is 0 Å². The van der Waals surface area contributed by atoms with Crippen molar-refractivity contribution < 1.29 is 18.1 Å². The van der Waals surface area contributed by atoms with Crippen LogP contribution in [0.4, 0.5) is 24.7 Å². The minimum atomic E-state index is -4.59. The van der Waals surface area contributed by atoms with Gasteiger partial charge in [0.05, 0.1) is 10.5 Å². The summed E-state index contributed by atoms with van der Waals surface area (Å²) in [7, 11) is 0. The first-order valence-corrected chi connectivity index (χ1v) is 5.67. The zero-order valence-corrected chi connectivity index (χ0v) is 10.7. The zero-order chi connectivity index (χ0) is 15.8. The molecule has 1 aromatic carbocycles. The minimum absolute atomic E-state index is 0.0977. The van der Waals surface area contributed by atoms with Gasteiger partial charge >= 0.3 is 11.9 Å². The van der Waals surface area contributed by atoms with Gasteiger partial charge in [0, 0.05) is 5.56 Å². The predicted molar refractivity (Wildman–Crippen MR) is 68.3 cm³/mol. The highest BCUT2D eigenvalue weighted by molar-refractivity contribution is 5.66. The molecule has 21 heavy (non-hydrogen) atoms. The van der Waals surface area contributed by atoms with Crippen LogP contribution in [0, 0.1) is 17.0 Å². The summed E-state index contributed by atoms with van der Waals surface area (Å²) in [5, 5.41) is 10.8. The molecule has 0 aliphatic rings. The maximum Gasteiger partial charge on any atom is 0.417 e. The van der Waals surface area contributed by atoms with E-state index in [0.717, 1.165) is 6.07 Å². The molecule has 0 saturated carbocycles. The Bertz CT molecular complexity index is 693. The van der Waals surface area contributed by atoms with E-state index in [2.05, 4.69) is 9.97 Å². The molecule has 0 saturated heterocycles. The lowest BCUT2D eigenvalue weighted by Gasteiger charge is -2.12. The van der Waals surface area contributed by atoms with E-state index in [-0.39, 0.29) is 17.1 Å². The fourth-order valence-electron chi connectivity index (χ4n) is 1.86. The molecule has 0 atom stereocenters. The second-order valence-electron chi connectivity index (χ2n) is 4.17. The van der Waals surface area contributed by atoms with Gasteiger partial charge in [-0.15, -0.1) is 0 Å². The molecule has 0 radical (unpaired) electrons. The third-order valence-corrected chi connectivity index (χ3v) is 2.74. The summed E-state index contributed by atoms with van der Waals surface area (Å²) in [5.41, 5.74) is 3.62. The number of benzene rings is 1. The summed E-state index contributed by atoms with van der Waals surface area (Å²) in [6, 6.07) is 4.68. The number of hydrogen-bond donors (Lipinski definition) is 1. The Labute approximate surface area is 116 Å². The lowest BCUT2D eigenvalue weighted by atomic mass is 10.1. The SMILES string of the molecule is Cc1nc(-c2ccccc2C(F)(F)F)nc(N)c1[N+](=O)[O-]. The van der Waals surface area contributed by atoms with Gasteiger partial charge in [-0.05, 0) is 13.0 Å². The van der Waals surface area contributed by atoms with Crippen LogP contribution in [0.1, 0.15) is 11.3 Å². The van der Waals surface area contributed by atoms with Crippen LogP contribution >= 0.6 is 0 Å². The molecule has 2 aromatic rings. The summed E-state index contributed by atoms with van der Waals surface area (Å²) in [6.45, 7) is 1.29. The van der Waals surface area contributed by atoms with E-state index in [1.165, 1.54) is 25.1 Å². The quantitative estimate of drug-likeness (QED) is 0.679. The van der Waals surface area contributed by atoms with Gasteiger partial charge < -0.3 is 5.73 Å². The largest absolute Gasteiger partial charge is 0.417 e. The van der Waals surface area contributed by atoms with Gasteiger partial charge in [-0.2, -0.15) is 13.2 Å². The van der Waals surface area contributed by atoms with Crippen LogP contribution in [0.5, 0.6) is 0 Å². The molecule has 1 heterocycles. The Balaban J connectivity index is 2.67. The molecule has 0 unspecified atom stereocenters. The average Bonchev–Trinajstić information content (AvgIpc) is 2.36. The van der Waals surface area contributed by atoms with Crippen molar-refractivity contribution in [2.75, 3.05) is 5.73 Å². The smallest absolute Gasteiger partial charge is 0.378 e. The first-order chi connectivity index (χ1) is 9.71. The fraction of sp³-hybridized carbons (Fsp3) is 0.167. The van der Waals surface area contributed by atoms with E-state index < -0.39 is 28.2 Å². The van der Waals surface area contributed by atoms with Gasteiger partial charge in [0.1, 0.15) is 5.69 Å². The average molecular weight is 298 g/mol. The topological polar surface area (TPSA) is 94.9 Å². The molecule has 2 N–H and O–H groups in total. The van der Waals surface area contributed by atoms with E-state index in [0.29, 0.717) is 0 Å². The maximum absolute atomic E-state index is 12.9. The molecule has 1 aromatic heterocycles. The highest BCUT2D eigenvalue weighted by Gasteiger charge is 2.34. The molecule has 2 rings (SSSR count). The fourth-order valence-corrected chi connectivity index (χ4v) is 1.86. The molecule has 0 amide bonds. The number of hydrogen-bond acceptors (Lipinski definition) is 5. The molecular weight excluding hydrogens is 289 g/mol. The number of nitrogens with zero attached hydrogens (tertiary/aromatic N) is 3. The van der Waals surface area contributed by atoms with Gasteiger partial charge in [-0.3, -0.25) is 10.1 Å². The summed E-state index contributed by atoms with van der Waals surface area (Å²) in [6.07, 6.45) is -4.59. The van der Waals surface area contributed by atoms with E-state index in [1.54, 1.807) is 0 Å². The summed E-state index contributed by atoms with van der Waals surface area (Å²) in [5.74, 6) is -0.775. The number of rotatable bonds is 2. The molecule has 0 fully saturated rings. The molecule has 9 heteroatoms. The van der Waals surface area contributed by atoms with Crippen molar-refractivity contribution in [3.05, 3.63) is 45.6 Å². The second kappa shape index (κ2) is 5.00. The minimum Gasteiger partial charge on any atom is -0.378 e. The zero-order valence-electron chi connectivity index (χ0n) is 10.7. The highest BCUT2D eigenvalue weighted by atomic mass is 19.4. The lowest BCUT2D eigenvalue weighted by molar-refractivity contribution is -0.385. The van der Waals surface area contributed by atoms with Gasteiger partial charge in [0.2, 0.25) is 5.82 Å². The monoisotopic (exact) mass is 298 g/mol. The van der Waals surface area contributed by atoms with Crippen LogP contribution in [0.3, 0.4) is 0 Å². The highest BCUT2D eigenvalue weighted by Crippen LogP contribution is 2.36. The van der Waals surface area contributed by atoms with Crippen molar-refractivity contribution in [3.8, 4) is 11.4 Å². The van der Waals surface area contributed by atoms with Crippen LogP contribution in [0.15, 0.2) is 24.3 Å². The van der Waals surface area contributed by atoms with Crippen molar-refractivity contribution in [1.82, 2.24) is 9.97 Å². The van der Waals surface area contributed by atoms with Crippen LogP contribution in [0.25, 0.3) is 11.4 Å². The van der Waals surface area contributed by atoms with Crippen molar-refractivity contribution in [2.45, 2.75) is 13.1 Å². The van der Waals surface area contributed by atoms with Crippen molar-refractivity contribution >= 4 is 11.5 Å². The number of aryl methyl sites for hydroxylation is 1. The Morgan fingerprint density at radius 2 is 1.86 bits per heavy atom. The van der Waals surface area contributed by atoms with E-state index in [9.17, 15) is 23.3 Å². The predicted octanol–water partition coefficient (Wildman–Crippen LogP) is 2.96. The first-order valence-electron chi connectivity index (χ1n) is 5.67. The number of anilines is 1. The number of halogens is 3. The standard InChI is InChI=1S/C12H9F3N4O2/c1-6-9(19(20)21)10(16)18-11(17-6)7-4-2-3-5-8(7)12(13,14)15/h2-5H,1H3,(H2,16,17,18). The Kier molecular flexibility index (Phi) is 3.50. The van der Waals surface area contributed by atoms with Crippen LogP contribution in [-0.4, -0.2) is 14.9 Å². The molecular formula is C12H9F3N4O2. The third-order valence-electron chi connectivity index (χ3n) is 2.74. The maximum atomic E-state index is 12.9. The van der Waals surface area contributed by atoms with E-state index in [1.807, 2.05) is 0 Å². The number of nitrogen functional groups attached to an aromatic ring is 1. The lowest BCUT2D eigenvalue weighted by Crippen LogP contribution is -2.10. The van der Waals surface area contributed by atoms with E-state index in [4.69, 9.17) is 5.73 Å². The first kappa shape index (κ1) is 14.7. The van der Waals surface area contributed by atoms with Crippen molar-refractivity contribution in [2.24, 2.45) is 0 Å². The van der Waals surface area contributed by atoms with Crippen LogP contribution in [-0.2, 0) is 6.18 Å². The number of alkyl halides is 3. The van der Waals surface area contributed by atoms with Gasteiger partial charge in [0.25, 0.3) is 0 Å². The second-order valence-corrected chi connectivity index (χ2v) is 4.17. The normalized spacial score (nSPS) is 11.4. The molecule has 110 valence electrons. The van der Waals surface area contributed by atoms with Crippen molar-refractivity contribution in [3.63, 3.8) is 0 Å². The van der Waals surface area contributed by atoms with Gasteiger partial charge in [-0.1, -0.05) is 18.2 Å². The molecule has 6 nitrogen and oxygen atoms in total. The van der Waals surface area contributed by atoms with Gasteiger partial charge in [0.15, 0.2) is 5.82 Å². The Morgan fingerprint density at radius 1 is 1.24 bits per heavy atom. The molecule has 0 aliphatic heterocycles. The van der Waals surface area contributed by atoms with Crippen molar-refractivity contribution in [1.29, 1.82) is 0 Å². The molecule has 0 aliphatic carbocycles. The Hall–Kier alpha value is -2.71. The Morgan fingerprint density at radius 3 is 2.38 bits per heavy atom. The summed E-state index contributed by atoms with van der Waals surface area (Å²) < 4.78 is 38.8. The van der Waals surface area contributed by atoms with Crippen LogP contribution < -0.4 is 5.73 Å². The third kappa shape index (κ3) is 2.76.